The molecule has 0 aliphatic rings. The Morgan fingerprint density at radius 1 is 1.38 bits per heavy atom. The Kier molecular flexibility index (Phi) is 3.98. The maximum Gasteiger partial charge on any atom is 0.333 e. The average molecular weight is 249 g/mol. The molecule has 0 heterocycles. The van der Waals surface area contributed by atoms with Crippen LogP contribution in [0, 0.1) is 5.82 Å². The van der Waals surface area contributed by atoms with E-state index in [0.29, 0.717) is 0 Å². The van der Waals surface area contributed by atoms with Crippen molar-refractivity contribution in [1.29, 1.82) is 0 Å². The Hall–Kier alpha value is -1.02. The first-order chi connectivity index (χ1) is 7.31. The van der Waals surface area contributed by atoms with Crippen LogP contribution >= 0.6 is 0 Å². The third kappa shape index (κ3) is 3.53. The zero-order valence-corrected chi connectivity index (χ0v) is 9.28. The summed E-state index contributed by atoms with van der Waals surface area (Å²) in [4.78, 5) is 0. The number of hydrogen-bond acceptors (Lipinski definition) is 3. The largest absolute Gasteiger partial charge is 0.387 e. The molecule has 1 aromatic rings. The van der Waals surface area contributed by atoms with Crippen molar-refractivity contribution >= 4 is 10.3 Å². The van der Waals surface area contributed by atoms with Crippen LogP contribution in [0.1, 0.15) is 18.6 Å². The van der Waals surface area contributed by atoms with Crippen molar-refractivity contribution < 1.29 is 22.5 Å². The molecule has 0 spiro atoms. The smallest absolute Gasteiger partial charge is 0.333 e. The molecule has 2 atom stereocenters. The van der Waals surface area contributed by atoms with Gasteiger partial charge in [0.25, 0.3) is 0 Å². The van der Waals surface area contributed by atoms with E-state index in [9.17, 15) is 17.9 Å². The van der Waals surface area contributed by atoms with Gasteiger partial charge >= 0.3 is 10.3 Å². The molecule has 90 valence electrons. The zero-order valence-electron chi connectivity index (χ0n) is 8.46. The van der Waals surface area contributed by atoms with Crippen LogP contribution in [0.15, 0.2) is 24.3 Å². The molecule has 1 rings (SSSR count). The average Bonchev–Trinajstić information content (AvgIpc) is 2.15. The molecule has 0 saturated carbocycles. The summed E-state index contributed by atoms with van der Waals surface area (Å²) in [5.41, 5.74) is -0.0360. The van der Waals surface area contributed by atoms with Crippen molar-refractivity contribution in [3.63, 3.8) is 0 Å². The number of nitrogens with one attached hydrogen (secondary N) is 1. The van der Waals surface area contributed by atoms with Crippen molar-refractivity contribution in [1.82, 2.24) is 4.72 Å². The van der Waals surface area contributed by atoms with Gasteiger partial charge in [-0.2, -0.15) is 13.1 Å². The summed E-state index contributed by atoms with van der Waals surface area (Å²) in [7, 11) is -4.42. The predicted octanol–water partition coefficient (Wildman–Crippen LogP) is 0.640. The van der Waals surface area contributed by atoms with E-state index < -0.39 is 28.3 Å². The van der Waals surface area contributed by atoms with E-state index >= 15 is 0 Å². The second-order valence-corrected chi connectivity index (χ2v) is 4.53. The molecule has 1 aromatic carbocycles. The monoisotopic (exact) mass is 249 g/mol. The molecule has 0 saturated heterocycles. The Balaban J connectivity index is 2.86. The number of aliphatic hydroxyl groups excluding tert-OH is 1. The van der Waals surface area contributed by atoms with Crippen LogP contribution in [0.2, 0.25) is 0 Å². The lowest BCUT2D eigenvalue weighted by Gasteiger charge is -2.19. The van der Waals surface area contributed by atoms with E-state index in [4.69, 9.17) is 4.55 Å². The van der Waals surface area contributed by atoms with E-state index in [1.165, 1.54) is 25.1 Å². The molecule has 0 aliphatic carbocycles. The lowest BCUT2D eigenvalue weighted by Crippen LogP contribution is -2.36. The molecular formula is C9H12FNO4S. The van der Waals surface area contributed by atoms with Gasteiger partial charge in [-0.05, 0) is 13.0 Å². The fraction of sp³-hybridized carbons (Fsp3) is 0.333. The SMILES string of the molecule is C[C@@H](NS(=O)(=O)O)[C@H](O)c1ccccc1F. The molecule has 0 aromatic heterocycles. The van der Waals surface area contributed by atoms with Crippen LogP contribution in [0.4, 0.5) is 4.39 Å². The minimum Gasteiger partial charge on any atom is -0.387 e. The Bertz CT molecular complexity index is 462. The van der Waals surface area contributed by atoms with E-state index in [2.05, 4.69) is 0 Å². The highest BCUT2D eigenvalue weighted by Gasteiger charge is 2.22. The Labute approximate surface area is 92.8 Å². The molecule has 0 amide bonds. The van der Waals surface area contributed by atoms with Gasteiger partial charge in [0.2, 0.25) is 0 Å². The standard InChI is InChI=1S/C9H12FNO4S/c1-6(11-16(13,14)15)9(12)7-4-2-3-5-8(7)10/h2-6,9,11-12H,1H3,(H,13,14,15)/t6-,9+/m1/s1. The van der Waals surface area contributed by atoms with Crippen LogP contribution in [-0.2, 0) is 10.3 Å². The molecule has 0 fully saturated rings. The number of halogens is 1. The Morgan fingerprint density at radius 2 is 1.94 bits per heavy atom. The molecule has 0 radical (unpaired) electrons. The minimum atomic E-state index is -4.42. The predicted molar refractivity (Wildman–Crippen MR) is 55.5 cm³/mol. The minimum absolute atomic E-state index is 0.0360. The van der Waals surface area contributed by atoms with Gasteiger partial charge in [-0.15, -0.1) is 0 Å². The first kappa shape index (κ1) is 13.0. The quantitative estimate of drug-likeness (QED) is 0.683. The molecule has 16 heavy (non-hydrogen) atoms. The van der Waals surface area contributed by atoms with Crippen LogP contribution in [0.25, 0.3) is 0 Å². The highest BCUT2D eigenvalue weighted by Crippen LogP contribution is 2.19. The van der Waals surface area contributed by atoms with Crippen molar-refractivity contribution in [2.24, 2.45) is 0 Å². The summed E-state index contributed by atoms with van der Waals surface area (Å²) in [6.07, 6.45) is -1.37. The summed E-state index contributed by atoms with van der Waals surface area (Å²) in [6.45, 7) is 1.31. The lowest BCUT2D eigenvalue weighted by atomic mass is 10.0. The summed E-state index contributed by atoms with van der Waals surface area (Å²) in [6, 6.07) is 4.42. The summed E-state index contributed by atoms with van der Waals surface area (Å²) in [5, 5.41) is 9.66. The van der Waals surface area contributed by atoms with Gasteiger partial charge in [0.15, 0.2) is 0 Å². The van der Waals surface area contributed by atoms with E-state index in [1.54, 1.807) is 4.72 Å². The molecule has 7 heteroatoms. The first-order valence-electron chi connectivity index (χ1n) is 4.48. The summed E-state index contributed by atoms with van der Waals surface area (Å²) < 4.78 is 44.5. The van der Waals surface area contributed by atoms with Crippen molar-refractivity contribution in [2.45, 2.75) is 19.1 Å². The molecule has 0 aliphatic heterocycles. The maximum atomic E-state index is 13.2. The number of aliphatic hydroxyl groups is 1. The highest BCUT2D eigenvalue weighted by molar-refractivity contribution is 7.83. The summed E-state index contributed by atoms with van der Waals surface area (Å²) >= 11 is 0. The second kappa shape index (κ2) is 4.88. The second-order valence-electron chi connectivity index (χ2n) is 3.35. The highest BCUT2D eigenvalue weighted by atomic mass is 32.2. The molecular weight excluding hydrogens is 237 g/mol. The normalized spacial score (nSPS) is 15.8. The van der Waals surface area contributed by atoms with Gasteiger partial charge in [-0.3, -0.25) is 4.55 Å². The number of benzene rings is 1. The zero-order chi connectivity index (χ0) is 12.3. The van der Waals surface area contributed by atoms with Crippen LogP contribution in [-0.4, -0.2) is 24.1 Å². The van der Waals surface area contributed by atoms with E-state index in [-0.39, 0.29) is 5.56 Å². The molecule has 0 unspecified atom stereocenters. The number of hydrogen-bond donors (Lipinski definition) is 3. The van der Waals surface area contributed by atoms with Gasteiger partial charge in [0, 0.05) is 5.56 Å². The van der Waals surface area contributed by atoms with Crippen LogP contribution in [0.3, 0.4) is 0 Å². The third-order valence-electron chi connectivity index (χ3n) is 2.03. The van der Waals surface area contributed by atoms with E-state index in [1.807, 2.05) is 0 Å². The van der Waals surface area contributed by atoms with Gasteiger partial charge in [0.1, 0.15) is 5.82 Å². The van der Waals surface area contributed by atoms with Crippen molar-refractivity contribution in [3.05, 3.63) is 35.6 Å². The van der Waals surface area contributed by atoms with Gasteiger partial charge < -0.3 is 5.11 Å². The van der Waals surface area contributed by atoms with Crippen LogP contribution in [0.5, 0.6) is 0 Å². The fourth-order valence-electron chi connectivity index (χ4n) is 1.28. The van der Waals surface area contributed by atoms with Crippen molar-refractivity contribution in [3.8, 4) is 0 Å². The van der Waals surface area contributed by atoms with Gasteiger partial charge in [-0.25, -0.2) is 4.39 Å². The molecule has 5 nitrogen and oxygen atoms in total. The van der Waals surface area contributed by atoms with Gasteiger partial charge in [0.05, 0.1) is 12.1 Å². The number of rotatable bonds is 4. The fourth-order valence-corrected chi connectivity index (χ4v) is 1.88. The van der Waals surface area contributed by atoms with Crippen molar-refractivity contribution in [2.75, 3.05) is 0 Å². The maximum absolute atomic E-state index is 13.2. The van der Waals surface area contributed by atoms with Gasteiger partial charge in [-0.1, -0.05) is 18.2 Å². The Morgan fingerprint density at radius 3 is 2.44 bits per heavy atom. The lowest BCUT2D eigenvalue weighted by molar-refractivity contribution is 0.140. The molecule has 3 N–H and O–H groups in total. The van der Waals surface area contributed by atoms with E-state index in [0.717, 1.165) is 6.07 Å². The summed E-state index contributed by atoms with van der Waals surface area (Å²) in [5.74, 6) is -0.640. The molecule has 0 bridgehead atoms. The topological polar surface area (TPSA) is 86.6 Å². The van der Waals surface area contributed by atoms with Crippen LogP contribution < -0.4 is 4.72 Å². The third-order valence-corrected chi connectivity index (χ3v) is 2.70. The first-order valence-corrected chi connectivity index (χ1v) is 5.92.